The first-order valence-electron chi connectivity index (χ1n) is 6.23. The molecule has 19 heavy (non-hydrogen) atoms. The zero-order chi connectivity index (χ0) is 13.8. The molecule has 1 heterocycles. The highest BCUT2D eigenvalue weighted by molar-refractivity contribution is 5.39. The Morgan fingerprint density at radius 2 is 2.05 bits per heavy atom. The van der Waals surface area contributed by atoms with Gasteiger partial charge < -0.3 is 10.5 Å². The molecule has 0 amide bonds. The van der Waals surface area contributed by atoms with Crippen LogP contribution >= 0.6 is 0 Å². The summed E-state index contributed by atoms with van der Waals surface area (Å²) in [5.74, 6) is 1.01. The quantitative estimate of drug-likeness (QED) is 0.913. The summed E-state index contributed by atoms with van der Waals surface area (Å²) >= 11 is 0. The van der Waals surface area contributed by atoms with Gasteiger partial charge in [0, 0.05) is 12.1 Å². The predicted molar refractivity (Wildman–Crippen MR) is 72.7 cm³/mol. The number of halogens is 1. The Hall–Kier alpha value is -1.94. The lowest BCUT2D eigenvalue weighted by molar-refractivity contribution is 0.444. The fourth-order valence-corrected chi connectivity index (χ4v) is 1.86. The molecule has 1 aromatic heterocycles. The average Bonchev–Trinajstić information content (AvgIpc) is 2.41. The number of para-hydroxylation sites is 1. The van der Waals surface area contributed by atoms with Gasteiger partial charge in [0.2, 0.25) is 5.88 Å². The molecule has 0 fully saturated rings. The second-order valence-corrected chi connectivity index (χ2v) is 4.62. The van der Waals surface area contributed by atoms with Gasteiger partial charge in [-0.15, -0.1) is 0 Å². The van der Waals surface area contributed by atoms with Crippen molar-refractivity contribution >= 4 is 0 Å². The molecule has 3 nitrogen and oxygen atoms in total. The minimum absolute atomic E-state index is 0.184. The van der Waals surface area contributed by atoms with Crippen LogP contribution in [0.25, 0.3) is 0 Å². The maximum atomic E-state index is 13.1. The second kappa shape index (κ2) is 5.80. The van der Waals surface area contributed by atoms with Crippen LogP contribution in [0.15, 0.2) is 36.5 Å². The highest BCUT2D eigenvalue weighted by Crippen LogP contribution is 2.30. The molecule has 4 heteroatoms. The Labute approximate surface area is 112 Å². The molecule has 0 spiro atoms. The lowest BCUT2D eigenvalue weighted by atomic mass is 10.0. The van der Waals surface area contributed by atoms with E-state index in [0.29, 0.717) is 17.4 Å². The highest BCUT2D eigenvalue weighted by atomic mass is 19.1. The van der Waals surface area contributed by atoms with Crippen LogP contribution in [0.1, 0.15) is 30.9 Å². The molecule has 0 unspecified atom stereocenters. The van der Waals surface area contributed by atoms with Crippen molar-refractivity contribution in [3.63, 3.8) is 0 Å². The Balaban J connectivity index is 2.36. The van der Waals surface area contributed by atoms with E-state index in [1.807, 2.05) is 24.3 Å². The zero-order valence-corrected chi connectivity index (χ0v) is 11.1. The van der Waals surface area contributed by atoms with E-state index in [0.717, 1.165) is 17.5 Å². The van der Waals surface area contributed by atoms with Gasteiger partial charge in [0.15, 0.2) is 0 Å². The molecule has 0 atom stereocenters. The van der Waals surface area contributed by atoms with Gasteiger partial charge in [-0.1, -0.05) is 32.0 Å². The minimum Gasteiger partial charge on any atom is -0.438 e. The molecule has 2 rings (SSSR count). The molecule has 100 valence electrons. The maximum absolute atomic E-state index is 13.1. The van der Waals surface area contributed by atoms with Crippen LogP contribution in [0.3, 0.4) is 0 Å². The second-order valence-electron chi connectivity index (χ2n) is 4.62. The van der Waals surface area contributed by atoms with Gasteiger partial charge in [-0.2, -0.15) is 0 Å². The standard InChI is InChI=1S/C15H17FN2O/c1-10(2)13-5-3-4-6-14(13)19-15-11(8-17)7-12(16)9-18-15/h3-7,9-10H,8,17H2,1-2H3. The number of hydrogen-bond acceptors (Lipinski definition) is 3. The number of ether oxygens (including phenoxy) is 1. The molecule has 0 aliphatic carbocycles. The fourth-order valence-electron chi connectivity index (χ4n) is 1.86. The van der Waals surface area contributed by atoms with Crippen molar-refractivity contribution in [3.05, 3.63) is 53.5 Å². The van der Waals surface area contributed by atoms with Crippen LogP contribution in [0.4, 0.5) is 4.39 Å². The van der Waals surface area contributed by atoms with E-state index < -0.39 is 5.82 Å². The summed E-state index contributed by atoms with van der Waals surface area (Å²) in [7, 11) is 0. The summed E-state index contributed by atoms with van der Waals surface area (Å²) in [6, 6.07) is 9.09. The maximum Gasteiger partial charge on any atom is 0.223 e. The number of nitrogens with zero attached hydrogens (tertiary/aromatic N) is 1. The topological polar surface area (TPSA) is 48.1 Å². The van der Waals surface area contributed by atoms with Crippen molar-refractivity contribution in [1.29, 1.82) is 0 Å². The van der Waals surface area contributed by atoms with Crippen LogP contribution in [0.5, 0.6) is 11.6 Å². The van der Waals surface area contributed by atoms with Gasteiger partial charge in [0.1, 0.15) is 11.6 Å². The fraction of sp³-hybridized carbons (Fsp3) is 0.267. The first-order chi connectivity index (χ1) is 9.11. The summed E-state index contributed by atoms with van der Waals surface area (Å²) in [6.45, 7) is 4.36. The molecule has 0 saturated carbocycles. The third kappa shape index (κ3) is 3.09. The van der Waals surface area contributed by atoms with E-state index in [1.165, 1.54) is 6.07 Å². The van der Waals surface area contributed by atoms with E-state index in [4.69, 9.17) is 10.5 Å². The summed E-state index contributed by atoms with van der Waals surface area (Å²) in [4.78, 5) is 3.97. The third-order valence-corrected chi connectivity index (χ3v) is 2.86. The molecular formula is C15H17FN2O. The molecule has 2 N–H and O–H groups in total. The van der Waals surface area contributed by atoms with Gasteiger partial charge >= 0.3 is 0 Å². The molecule has 0 aliphatic rings. The van der Waals surface area contributed by atoms with Gasteiger partial charge in [-0.3, -0.25) is 0 Å². The SMILES string of the molecule is CC(C)c1ccccc1Oc1ncc(F)cc1CN. The van der Waals surface area contributed by atoms with Gasteiger partial charge in [0.25, 0.3) is 0 Å². The lowest BCUT2D eigenvalue weighted by Crippen LogP contribution is -2.03. The zero-order valence-electron chi connectivity index (χ0n) is 11.1. The molecular weight excluding hydrogens is 243 g/mol. The average molecular weight is 260 g/mol. The minimum atomic E-state index is -0.412. The van der Waals surface area contributed by atoms with Crippen molar-refractivity contribution in [2.24, 2.45) is 5.73 Å². The van der Waals surface area contributed by atoms with Crippen molar-refractivity contribution in [2.45, 2.75) is 26.3 Å². The Bertz CT molecular complexity index is 570. The van der Waals surface area contributed by atoms with Crippen molar-refractivity contribution in [3.8, 4) is 11.6 Å². The van der Waals surface area contributed by atoms with Crippen LogP contribution in [-0.2, 0) is 6.54 Å². The molecule has 1 aromatic carbocycles. The van der Waals surface area contributed by atoms with Gasteiger partial charge in [-0.25, -0.2) is 9.37 Å². The Morgan fingerprint density at radius 1 is 1.32 bits per heavy atom. The monoisotopic (exact) mass is 260 g/mol. The Morgan fingerprint density at radius 3 is 2.74 bits per heavy atom. The van der Waals surface area contributed by atoms with E-state index in [9.17, 15) is 4.39 Å². The van der Waals surface area contributed by atoms with E-state index in [2.05, 4.69) is 18.8 Å². The number of aromatic nitrogens is 1. The van der Waals surface area contributed by atoms with Crippen LogP contribution in [0, 0.1) is 5.82 Å². The van der Waals surface area contributed by atoms with Crippen molar-refractivity contribution in [1.82, 2.24) is 4.98 Å². The van der Waals surface area contributed by atoms with E-state index in [1.54, 1.807) is 0 Å². The molecule has 0 aliphatic heterocycles. The highest BCUT2D eigenvalue weighted by Gasteiger charge is 2.11. The summed E-state index contributed by atoms with van der Waals surface area (Å²) in [5, 5.41) is 0. The largest absolute Gasteiger partial charge is 0.438 e. The number of pyridine rings is 1. The van der Waals surface area contributed by atoms with Crippen LogP contribution in [-0.4, -0.2) is 4.98 Å². The molecule has 0 saturated heterocycles. The lowest BCUT2D eigenvalue weighted by Gasteiger charge is -2.14. The van der Waals surface area contributed by atoms with Crippen molar-refractivity contribution < 1.29 is 9.13 Å². The Kier molecular flexibility index (Phi) is 4.12. The molecule has 2 aromatic rings. The van der Waals surface area contributed by atoms with Gasteiger partial charge in [0.05, 0.1) is 6.20 Å². The molecule has 0 bridgehead atoms. The number of rotatable bonds is 4. The molecule has 0 radical (unpaired) electrons. The van der Waals surface area contributed by atoms with E-state index in [-0.39, 0.29) is 6.54 Å². The first-order valence-corrected chi connectivity index (χ1v) is 6.23. The van der Waals surface area contributed by atoms with Crippen LogP contribution in [0.2, 0.25) is 0 Å². The summed E-state index contributed by atoms with van der Waals surface area (Å²) in [6.07, 6.45) is 1.13. The normalized spacial score (nSPS) is 10.8. The number of benzene rings is 1. The number of hydrogen-bond donors (Lipinski definition) is 1. The predicted octanol–water partition coefficient (Wildman–Crippen LogP) is 3.60. The van der Waals surface area contributed by atoms with Gasteiger partial charge in [-0.05, 0) is 23.6 Å². The summed E-state index contributed by atoms with van der Waals surface area (Å²) in [5.41, 5.74) is 7.22. The van der Waals surface area contributed by atoms with Crippen molar-refractivity contribution in [2.75, 3.05) is 0 Å². The van der Waals surface area contributed by atoms with Crippen LogP contribution < -0.4 is 10.5 Å². The number of nitrogens with two attached hydrogens (primary N) is 1. The van der Waals surface area contributed by atoms with E-state index >= 15 is 0 Å². The summed E-state index contributed by atoms with van der Waals surface area (Å²) < 4.78 is 18.9. The first kappa shape index (κ1) is 13.5. The smallest absolute Gasteiger partial charge is 0.223 e. The third-order valence-electron chi connectivity index (χ3n) is 2.86.